The molecule has 0 aliphatic carbocycles. The summed E-state index contributed by atoms with van der Waals surface area (Å²) in [5.74, 6) is 0.672. The van der Waals surface area contributed by atoms with Crippen molar-refractivity contribution in [2.24, 2.45) is 0 Å². The summed E-state index contributed by atoms with van der Waals surface area (Å²) >= 11 is 13.1. The molecule has 1 unspecified atom stereocenters. The summed E-state index contributed by atoms with van der Waals surface area (Å²) in [6, 6.07) is 3.09. The van der Waals surface area contributed by atoms with Gasteiger partial charge in [-0.3, -0.25) is 4.79 Å². The van der Waals surface area contributed by atoms with Crippen molar-refractivity contribution in [2.45, 2.75) is 13.0 Å². The number of pyridine rings is 1. The summed E-state index contributed by atoms with van der Waals surface area (Å²) in [6.07, 6.45) is 1.99. The van der Waals surface area contributed by atoms with Gasteiger partial charge < -0.3 is 5.32 Å². The Labute approximate surface area is 109 Å². The standard InChI is InChI=1S/C10H12Cl2N2OS/c1-6(5-16-2)13-10(15)7-3-8(11)14-9(12)4-7/h3-4,6H,5H2,1-2H3,(H,13,15). The number of aromatic nitrogens is 1. The minimum absolute atomic E-state index is 0.105. The van der Waals surface area contributed by atoms with Gasteiger partial charge in [0.2, 0.25) is 0 Å². The SMILES string of the molecule is CSCC(C)NC(=O)c1cc(Cl)nc(Cl)c1. The molecular formula is C10H12Cl2N2OS. The van der Waals surface area contributed by atoms with Crippen molar-refractivity contribution >= 4 is 40.9 Å². The van der Waals surface area contributed by atoms with E-state index in [9.17, 15) is 4.79 Å². The Morgan fingerprint density at radius 1 is 1.50 bits per heavy atom. The molecule has 1 rings (SSSR count). The lowest BCUT2D eigenvalue weighted by Crippen LogP contribution is -2.34. The molecule has 1 aromatic heterocycles. The Hall–Kier alpha value is -0.450. The van der Waals surface area contributed by atoms with Crippen LogP contribution < -0.4 is 5.32 Å². The van der Waals surface area contributed by atoms with Gasteiger partial charge in [0.05, 0.1) is 0 Å². The maximum Gasteiger partial charge on any atom is 0.251 e. The van der Waals surface area contributed by atoms with Gasteiger partial charge in [0, 0.05) is 17.4 Å². The molecule has 88 valence electrons. The summed E-state index contributed by atoms with van der Waals surface area (Å²) < 4.78 is 0. The predicted octanol–water partition coefficient (Wildman–Crippen LogP) is 2.87. The van der Waals surface area contributed by atoms with Gasteiger partial charge in [-0.05, 0) is 25.3 Å². The molecule has 6 heteroatoms. The fourth-order valence-corrected chi connectivity index (χ4v) is 2.24. The Balaban J connectivity index is 2.72. The van der Waals surface area contributed by atoms with Crippen molar-refractivity contribution in [1.82, 2.24) is 10.3 Å². The highest BCUT2D eigenvalue weighted by Gasteiger charge is 2.11. The second-order valence-electron chi connectivity index (χ2n) is 3.33. The topological polar surface area (TPSA) is 42.0 Å². The predicted molar refractivity (Wildman–Crippen MR) is 69.6 cm³/mol. The van der Waals surface area contributed by atoms with Crippen LogP contribution in [0.15, 0.2) is 12.1 Å². The van der Waals surface area contributed by atoms with Crippen molar-refractivity contribution < 1.29 is 4.79 Å². The average molecular weight is 279 g/mol. The summed E-state index contributed by atoms with van der Waals surface area (Å²) in [4.78, 5) is 15.5. The van der Waals surface area contributed by atoms with E-state index in [0.29, 0.717) is 5.56 Å². The minimum Gasteiger partial charge on any atom is -0.349 e. The first-order chi connectivity index (χ1) is 7.52. The van der Waals surface area contributed by atoms with Gasteiger partial charge in [0.1, 0.15) is 10.3 Å². The zero-order valence-corrected chi connectivity index (χ0v) is 11.3. The van der Waals surface area contributed by atoms with Crippen molar-refractivity contribution in [3.8, 4) is 0 Å². The highest BCUT2D eigenvalue weighted by molar-refractivity contribution is 7.98. The van der Waals surface area contributed by atoms with Gasteiger partial charge in [0.25, 0.3) is 5.91 Å². The number of nitrogens with one attached hydrogen (secondary N) is 1. The van der Waals surface area contributed by atoms with Crippen LogP contribution in [0.3, 0.4) is 0 Å². The van der Waals surface area contributed by atoms with Crippen LogP contribution in [0, 0.1) is 0 Å². The number of nitrogens with zero attached hydrogens (tertiary/aromatic N) is 1. The number of halogens is 2. The summed E-state index contributed by atoms with van der Waals surface area (Å²) in [6.45, 7) is 1.94. The van der Waals surface area contributed by atoms with Crippen molar-refractivity contribution in [3.05, 3.63) is 28.0 Å². The third kappa shape index (κ3) is 4.20. The molecule has 3 nitrogen and oxygen atoms in total. The molecule has 0 spiro atoms. The molecule has 0 aliphatic heterocycles. The molecule has 0 aliphatic rings. The molecule has 1 aromatic rings. The molecule has 1 N–H and O–H groups in total. The normalized spacial score (nSPS) is 12.2. The Kier molecular flexibility index (Phi) is 5.38. The molecular weight excluding hydrogens is 267 g/mol. The molecule has 0 bridgehead atoms. The first-order valence-corrected chi connectivity index (χ1v) is 6.80. The van der Waals surface area contributed by atoms with Crippen LogP contribution in [0.5, 0.6) is 0 Å². The molecule has 0 fully saturated rings. The van der Waals surface area contributed by atoms with Crippen LogP contribution in [-0.4, -0.2) is 28.9 Å². The van der Waals surface area contributed by atoms with Gasteiger partial charge in [-0.1, -0.05) is 23.2 Å². The summed E-state index contributed by atoms with van der Waals surface area (Å²) in [5, 5.41) is 3.28. The zero-order chi connectivity index (χ0) is 12.1. The average Bonchev–Trinajstić information content (AvgIpc) is 2.16. The van der Waals surface area contributed by atoms with Crippen molar-refractivity contribution in [1.29, 1.82) is 0 Å². The largest absolute Gasteiger partial charge is 0.349 e. The van der Waals surface area contributed by atoms with Gasteiger partial charge in [-0.2, -0.15) is 11.8 Å². The molecule has 0 aromatic carbocycles. The third-order valence-corrected chi connectivity index (χ3v) is 3.04. The first kappa shape index (κ1) is 13.6. The van der Waals surface area contributed by atoms with Crippen LogP contribution in [-0.2, 0) is 0 Å². The monoisotopic (exact) mass is 278 g/mol. The van der Waals surface area contributed by atoms with Crippen LogP contribution in [0.2, 0.25) is 10.3 Å². The van der Waals surface area contributed by atoms with E-state index in [2.05, 4.69) is 10.3 Å². The molecule has 1 atom stereocenters. The van der Waals surface area contributed by atoms with Crippen LogP contribution in [0.25, 0.3) is 0 Å². The molecule has 1 amide bonds. The maximum atomic E-state index is 11.8. The maximum absolute atomic E-state index is 11.8. The fraction of sp³-hybridized carbons (Fsp3) is 0.400. The van der Waals surface area contributed by atoms with E-state index < -0.39 is 0 Å². The number of amides is 1. The van der Waals surface area contributed by atoms with Gasteiger partial charge >= 0.3 is 0 Å². The lowest BCUT2D eigenvalue weighted by molar-refractivity contribution is 0.0943. The van der Waals surface area contributed by atoms with Crippen molar-refractivity contribution in [3.63, 3.8) is 0 Å². The highest BCUT2D eigenvalue weighted by Crippen LogP contribution is 2.14. The lowest BCUT2D eigenvalue weighted by Gasteiger charge is -2.12. The number of hydrogen-bond acceptors (Lipinski definition) is 3. The second kappa shape index (κ2) is 6.33. The fourth-order valence-electron chi connectivity index (χ4n) is 1.19. The van der Waals surface area contributed by atoms with Crippen LogP contribution >= 0.6 is 35.0 Å². The van der Waals surface area contributed by atoms with E-state index in [-0.39, 0.29) is 22.3 Å². The van der Waals surface area contributed by atoms with Gasteiger partial charge in [-0.15, -0.1) is 0 Å². The van der Waals surface area contributed by atoms with Crippen LogP contribution in [0.1, 0.15) is 17.3 Å². The molecule has 0 saturated carbocycles. The van der Waals surface area contributed by atoms with Crippen molar-refractivity contribution in [2.75, 3.05) is 12.0 Å². The molecule has 0 saturated heterocycles. The Bertz CT molecular complexity index is 367. The van der Waals surface area contributed by atoms with Gasteiger partial charge in [-0.25, -0.2) is 4.98 Å². The summed E-state index contributed by atoms with van der Waals surface area (Å²) in [7, 11) is 0. The number of thioether (sulfide) groups is 1. The zero-order valence-electron chi connectivity index (χ0n) is 8.96. The first-order valence-electron chi connectivity index (χ1n) is 4.66. The number of carbonyl (C=O) groups is 1. The number of rotatable bonds is 4. The Morgan fingerprint density at radius 3 is 2.56 bits per heavy atom. The van der Waals surface area contributed by atoms with E-state index in [4.69, 9.17) is 23.2 Å². The van der Waals surface area contributed by atoms with E-state index in [0.717, 1.165) is 5.75 Å². The third-order valence-electron chi connectivity index (χ3n) is 1.82. The smallest absolute Gasteiger partial charge is 0.251 e. The quantitative estimate of drug-likeness (QED) is 0.862. The number of carbonyl (C=O) groups excluding carboxylic acids is 1. The highest BCUT2D eigenvalue weighted by atomic mass is 35.5. The molecule has 0 radical (unpaired) electrons. The van der Waals surface area contributed by atoms with Gasteiger partial charge in [0.15, 0.2) is 0 Å². The molecule has 16 heavy (non-hydrogen) atoms. The Morgan fingerprint density at radius 2 is 2.06 bits per heavy atom. The van der Waals surface area contributed by atoms with E-state index in [1.807, 2.05) is 13.2 Å². The lowest BCUT2D eigenvalue weighted by atomic mass is 10.2. The molecule has 1 heterocycles. The second-order valence-corrected chi connectivity index (χ2v) is 5.02. The van der Waals surface area contributed by atoms with E-state index in [1.54, 1.807) is 11.8 Å². The van der Waals surface area contributed by atoms with E-state index >= 15 is 0 Å². The summed E-state index contributed by atoms with van der Waals surface area (Å²) in [5.41, 5.74) is 0.429. The number of hydrogen-bond donors (Lipinski definition) is 1. The van der Waals surface area contributed by atoms with Crippen LogP contribution in [0.4, 0.5) is 0 Å². The van der Waals surface area contributed by atoms with E-state index in [1.165, 1.54) is 12.1 Å². The minimum atomic E-state index is -0.187.